The first-order valence-corrected chi connectivity index (χ1v) is 6.87. The van der Waals surface area contributed by atoms with E-state index in [1.165, 1.54) is 0 Å². The zero-order chi connectivity index (χ0) is 13.7. The fourth-order valence-electron chi connectivity index (χ4n) is 1.62. The van der Waals surface area contributed by atoms with Crippen LogP contribution in [0.2, 0.25) is 10.0 Å². The lowest BCUT2D eigenvalue weighted by Gasteiger charge is -2.11. The van der Waals surface area contributed by atoms with Crippen LogP contribution < -0.4 is 10.6 Å². The molecule has 1 heterocycles. The highest BCUT2D eigenvalue weighted by Crippen LogP contribution is 2.32. The summed E-state index contributed by atoms with van der Waals surface area (Å²) < 4.78 is 0. The minimum Gasteiger partial charge on any atom is -0.370 e. The van der Waals surface area contributed by atoms with Gasteiger partial charge in [-0.05, 0) is 24.6 Å². The number of nitrogens with one attached hydrogen (secondary N) is 2. The van der Waals surface area contributed by atoms with Crippen molar-refractivity contribution in [1.82, 2.24) is 4.98 Å². The molecule has 0 fully saturated rings. The lowest BCUT2D eigenvalue weighted by Crippen LogP contribution is -2.02. The number of hydrogen-bond donors (Lipinski definition) is 2. The SMILES string of the molecule is CCCNc1cc(Nc2c(Cl)cccc2Cl)ccn1. The molecule has 0 atom stereocenters. The molecule has 0 aliphatic rings. The second kappa shape index (κ2) is 6.64. The molecule has 0 radical (unpaired) electrons. The number of halogens is 2. The summed E-state index contributed by atoms with van der Waals surface area (Å²) >= 11 is 12.2. The minimum absolute atomic E-state index is 0.590. The number of rotatable bonds is 5. The second-order valence-electron chi connectivity index (χ2n) is 4.08. The highest BCUT2D eigenvalue weighted by Gasteiger charge is 2.06. The van der Waals surface area contributed by atoms with Gasteiger partial charge in [-0.3, -0.25) is 0 Å². The van der Waals surface area contributed by atoms with Crippen LogP contribution in [0.25, 0.3) is 0 Å². The van der Waals surface area contributed by atoms with E-state index in [-0.39, 0.29) is 0 Å². The molecule has 0 spiro atoms. The maximum absolute atomic E-state index is 6.12. The number of anilines is 3. The van der Waals surface area contributed by atoms with Crippen molar-refractivity contribution in [2.24, 2.45) is 0 Å². The molecule has 0 saturated carbocycles. The van der Waals surface area contributed by atoms with Crippen molar-refractivity contribution >= 4 is 40.4 Å². The van der Waals surface area contributed by atoms with Crippen LogP contribution >= 0.6 is 23.2 Å². The Labute approximate surface area is 123 Å². The lowest BCUT2D eigenvalue weighted by molar-refractivity contribution is 0.969. The van der Waals surface area contributed by atoms with Gasteiger partial charge < -0.3 is 10.6 Å². The monoisotopic (exact) mass is 295 g/mol. The van der Waals surface area contributed by atoms with Crippen molar-refractivity contribution in [2.75, 3.05) is 17.2 Å². The minimum atomic E-state index is 0.590. The molecule has 0 aliphatic heterocycles. The van der Waals surface area contributed by atoms with Crippen molar-refractivity contribution in [1.29, 1.82) is 0 Å². The Morgan fingerprint density at radius 3 is 2.58 bits per heavy atom. The van der Waals surface area contributed by atoms with Gasteiger partial charge >= 0.3 is 0 Å². The van der Waals surface area contributed by atoms with E-state index in [1.54, 1.807) is 18.3 Å². The van der Waals surface area contributed by atoms with Gasteiger partial charge in [0.2, 0.25) is 0 Å². The molecular formula is C14H15Cl2N3. The Balaban J connectivity index is 2.19. The van der Waals surface area contributed by atoms with Gasteiger partial charge in [-0.25, -0.2) is 4.98 Å². The summed E-state index contributed by atoms with van der Waals surface area (Å²) in [5, 5.41) is 7.63. The molecule has 2 rings (SSSR count). The van der Waals surface area contributed by atoms with Crippen LogP contribution in [0.3, 0.4) is 0 Å². The molecule has 5 heteroatoms. The number of hydrogen-bond acceptors (Lipinski definition) is 3. The summed E-state index contributed by atoms with van der Waals surface area (Å²) in [6.07, 6.45) is 2.79. The number of para-hydroxylation sites is 1. The predicted octanol–water partition coefficient (Wildman–Crippen LogP) is 4.95. The molecule has 1 aromatic carbocycles. The molecule has 100 valence electrons. The highest BCUT2D eigenvalue weighted by atomic mass is 35.5. The number of aromatic nitrogens is 1. The van der Waals surface area contributed by atoms with Crippen LogP contribution in [0.15, 0.2) is 36.5 Å². The van der Waals surface area contributed by atoms with Crippen molar-refractivity contribution < 1.29 is 0 Å². The number of benzene rings is 1. The van der Waals surface area contributed by atoms with Crippen LogP contribution in [-0.2, 0) is 0 Å². The Morgan fingerprint density at radius 1 is 1.16 bits per heavy atom. The van der Waals surface area contributed by atoms with Gasteiger partial charge in [-0.15, -0.1) is 0 Å². The Hall–Kier alpha value is -1.45. The van der Waals surface area contributed by atoms with Crippen LogP contribution in [-0.4, -0.2) is 11.5 Å². The van der Waals surface area contributed by atoms with Crippen molar-refractivity contribution in [3.63, 3.8) is 0 Å². The normalized spacial score (nSPS) is 10.3. The maximum atomic E-state index is 6.12. The summed E-state index contributed by atoms with van der Waals surface area (Å²) in [6.45, 7) is 3.00. The van der Waals surface area contributed by atoms with E-state index in [0.717, 1.165) is 24.5 Å². The largest absolute Gasteiger partial charge is 0.370 e. The molecule has 2 N–H and O–H groups in total. The van der Waals surface area contributed by atoms with Gasteiger partial charge in [0.05, 0.1) is 15.7 Å². The fraction of sp³-hybridized carbons (Fsp3) is 0.214. The molecule has 0 bridgehead atoms. The van der Waals surface area contributed by atoms with Crippen molar-refractivity contribution in [3.05, 3.63) is 46.6 Å². The van der Waals surface area contributed by atoms with Crippen LogP contribution in [0.5, 0.6) is 0 Å². The van der Waals surface area contributed by atoms with E-state index in [0.29, 0.717) is 15.7 Å². The third-order valence-electron chi connectivity index (χ3n) is 2.55. The third-order valence-corrected chi connectivity index (χ3v) is 3.18. The van der Waals surface area contributed by atoms with Gasteiger partial charge in [0.15, 0.2) is 0 Å². The predicted molar refractivity (Wildman–Crippen MR) is 82.8 cm³/mol. The van der Waals surface area contributed by atoms with Gasteiger partial charge in [-0.1, -0.05) is 36.2 Å². The maximum Gasteiger partial charge on any atom is 0.127 e. The van der Waals surface area contributed by atoms with Gasteiger partial charge in [-0.2, -0.15) is 0 Å². The molecule has 2 aromatic rings. The topological polar surface area (TPSA) is 37.0 Å². The van der Waals surface area contributed by atoms with Gasteiger partial charge in [0.25, 0.3) is 0 Å². The Morgan fingerprint density at radius 2 is 1.89 bits per heavy atom. The molecule has 0 aliphatic carbocycles. The summed E-state index contributed by atoms with van der Waals surface area (Å²) in [5.41, 5.74) is 1.60. The highest BCUT2D eigenvalue weighted by molar-refractivity contribution is 6.39. The molecule has 0 saturated heterocycles. The van der Waals surface area contributed by atoms with E-state index >= 15 is 0 Å². The third kappa shape index (κ3) is 3.75. The quantitative estimate of drug-likeness (QED) is 0.819. The lowest BCUT2D eigenvalue weighted by atomic mass is 10.3. The standard InChI is InChI=1S/C14H15Cl2N3/c1-2-7-17-13-9-10(6-8-18-13)19-14-11(15)4-3-5-12(14)16/h3-6,8-9H,2,7H2,1H3,(H2,17,18,19). The van der Waals surface area contributed by atoms with Crippen LogP contribution in [0, 0.1) is 0 Å². The average molecular weight is 296 g/mol. The Kier molecular flexibility index (Phi) is 4.88. The molecule has 3 nitrogen and oxygen atoms in total. The zero-order valence-electron chi connectivity index (χ0n) is 10.6. The summed E-state index contributed by atoms with van der Waals surface area (Å²) in [5.74, 6) is 0.829. The zero-order valence-corrected chi connectivity index (χ0v) is 12.1. The van der Waals surface area contributed by atoms with Crippen molar-refractivity contribution in [2.45, 2.75) is 13.3 Å². The average Bonchev–Trinajstić information content (AvgIpc) is 2.41. The van der Waals surface area contributed by atoms with E-state index in [9.17, 15) is 0 Å². The fourth-order valence-corrected chi connectivity index (χ4v) is 2.11. The number of nitrogens with zero attached hydrogens (tertiary/aromatic N) is 1. The summed E-state index contributed by atoms with van der Waals surface area (Å²) in [7, 11) is 0. The molecule has 19 heavy (non-hydrogen) atoms. The molecule has 0 amide bonds. The molecular weight excluding hydrogens is 281 g/mol. The molecule has 1 aromatic heterocycles. The smallest absolute Gasteiger partial charge is 0.127 e. The summed E-state index contributed by atoms with van der Waals surface area (Å²) in [4.78, 5) is 4.25. The first-order valence-electron chi connectivity index (χ1n) is 6.11. The first kappa shape index (κ1) is 14.0. The van der Waals surface area contributed by atoms with E-state index in [4.69, 9.17) is 23.2 Å². The summed E-state index contributed by atoms with van der Waals surface area (Å²) in [6, 6.07) is 9.21. The Bertz CT molecular complexity index is 538. The first-order chi connectivity index (χ1) is 9.20. The van der Waals surface area contributed by atoms with E-state index in [2.05, 4.69) is 22.5 Å². The van der Waals surface area contributed by atoms with Gasteiger partial charge in [0.1, 0.15) is 5.82 Å². The van der Waals surface area contributed by atoms with Gasteiger partial charge in [0, 0.05) is 24.5 Å². The van der Waals surface area contributed by atoms with Crippen molar-refractivity contribution in [3.8, 4) is 0 Å². The van der Waals surface area contributed by atoms with Crippen LogP contribution in [0.4, 0.5) is 17.2 Å². The second-order valence-corrected chi connectivity index (χ2v) is 4.89. The van der Waals surface area contributed by atoms with E-state index < -0.39 is 0 Å². The van der Waals surface area contributed by atoms with E-state index in [1.807, 2.05) is 18.2 Å². The molecule has 0 unspecified atom stereocenters. The van der Waals surface area contributed by atoms with Crippen LogP contribution in [0.1, 0.15) is 13.3 Å². The number of pyridine rings is 1.